The van der Waals surface area contributed by atoms with Gasteiger partial charge in [0.05, 0.1) is 11.6 Å². The predicted molar refractivity (Wildman–Crippen MR) is 51.3 cm³/mol. The molecule has 0 aliphatic rings. The number of pyridine rings is 1. The summed E-state index contributed by atoms with van der Waals surface area (Å²) in [7, 11) is 3.83. The van der Waals surface area contributed by atoms with Crippen molar-refractivity contribution in [2.75, 3.05) is 19.5 Å². The number of fused-ring (bicyclic) bond motifs is 1. The maximum atomic E-state index is 5.24. The van der Waals surface area contributed by atoms with Crippen molar-refractivity contribution < 1.29 is 4.42 Å². The Morgan fingerprint density at radius 3 is 3.00 bits per heavy atom. The van der Waals surface area contributed by atoms with Crippen LogP contribution in [-0.4, -0.2) is 24.1 Å². The first-order valence-electron chi connectivity index (χ1n) is 4.03. The molecule has 2 aromatic rings. The zero-order valence-electron chi connectivity index (χ0n) is 7.61. The van der Waals surface area contributed by atoms with E-state index >= 15 is 0 Å². The molecule has 2 heterocycles. The van der Waals surface area contributed by atoms with E-state index in [2.05, 4.69) is 10.4 Å². The molecular weight excluding hydrogens is 166 g/mol. The summed E-state index contributed by atoms with van der Waals surface area (Å²) in [6.45, 7) is 0. The first-order chi connectivity index (χ1) is 6.27. The Hall–Kier alpha value is -1.55. The van der Waals surface area contributed by atoms with Crippen LogP contribution < -0.4 is 5.43 Å². The van der Waals surface area contributed by atoms with Gasteiger partial charge in [0.15, 0.2) is 5.82 Å². The highest BCUT2D eigenvalue weighted by atomic mass is 16.3. The van der Waals surface area contributed by atoms with Gasteiger partial charge in [-0.1, -0.05) is 0 Å². The number of hydrogen-bond acceptors (Lipinski definition) is 4. The quantitative estimate of drug-likeness (QED) is 0.709. The molecule has 2 aromatic heterocycles. The van der Waals surface area contributed by atoms with E-state index in [9.17, 15) is 0 Å². The summed E-state index contributed by atoms with van der Waals surface area (Å²) in [6, 6.07) is 3.74. The summed E-state index contributed by atoms with van der Waals surface area (Å²) in [5.41, 5.74) is 3.94. The molecule has 0 atom stereocenters. The minimum atomic E-state index is 0.816. The van der Waals surface area contributed by atoms with Gasteiger partial charge < -0.3 is 9.84 Å². The van der Waals surface area contributed by atoms with E-state index in [0.717, 1.165) is 16.8 Å². The zero-order chi connectivity index (χ0) is 9.26. The minimum Gasteiger partial charge on any atom is -0.464 e. The molecule has 68 valence electrons. The first-order valence-corrected chi connectivity index (χ1v) is 4.03. The number of nitrogens with zero attached hydrogens (tertiary/aromatic N) is 2. The average molecular weight is 177 g/mol. The van der Waals surface area contributed by atoms with Crippen molar-refractivity contribution in [1.82, 2.24) is 9.99 Å². The summed E-state index contributed by atoms with van der Waals surface area (Å²) in [6.07, 6.45) is 3.38. The molecule has 0 fully saturated rings. The summed E-state index contributed by atoms with van der Waals surface area (Å²) in [5, 5.41) is 2.84. The van der Waals surface area contributed by atoms with Crippen LogP contribution in [0.25, 0.3) is 11.0 Å². The Morgan fingerprint density at radius 2 is 2.23 bits per heavy atom. The minimum absolute atomic E-state index is 0.816. The molecule has 0 saturated heterocycles. The van der Waals surface area contributed by atoms with Gasteiger partial charge in [0.25, 0.3) is 0 Å². The summed E-state index contributed by atoms with van der Waals surface area (Å²) in [5.74, 6) is 0.816. The molecule has 0 bridgehead atoms. The highest BCUT2D eigenvalue weighted by Crippen LogP contribution is 2.21. The highest BCUT2D eigenvalue weighted by Gasteiger charge is 2.03. The van der Waals surface area contributed by atoms with Gasteiger partial charge in [0.1, 0.15) is 5.58 Å². The Kier molecular flexibility index (Phi) is 1.90. The van der Waals surface area contributed by atoms with Crippen molar-refractivity contribution >= 4 is 16.8 Å². The smallest absolute Gasteiger partial charge is 0.151 e. The van der Waals surface area contributed by atoms with Crippen LogP contribution >= 0.6 is 0 Å². The van der Waals surface area contributed by atoms with Crippen LogP contribution in [0.15, 0.2) is 29.0 Å². The lowest BCUT2D eigenvalue weighted by atomic mass is 10.3. The molecule has 0 saturated carbocycles. The number of hydrogen-bond donors (Lipinski definition) is 1. The van der Waals surface area contributed by atoms with Gasteiger partial charge in [-0.3, -0.25) is 0 Å². The van der Waals surface area contributed by atoms with E-state index < -0.39 is 0 Å². The molecule has 0 aliphatic heterocycles. The third-order valence-corrected chi connectivity index (χ3v) is 1.71. The molecule has 13 heavy (non-hydrogen) atoms. The normalized spacial score (nSPS) is 11.0. The van der Waals surface area contributed by atoms with E-state index in [4.69, 9.17) is 4.42 Å². The Labute approximate surface area is 76.1 Å². The van der Waals surface area contributed by atoms with Gasteiger partial charge in [0, 0.05) is 20.3 Å². The largest absolute Gasteiger partial charge is 0.464 e. The molecule has 4 nitrogen and oxygen atoms in total. The topological polar surface area (TPSA) is 41.3 Å². The van der Waals surface area contributed by atoms with E-state index in [-0.39, 0.29) is 0 Å². The maximum absolute atomic E-state index is 5.24. The van der Waals surface area contributed by atoms with Crippen LogP contribution in [0.2, 0.25) is 0 Å². The summed E-state index contributed by atoms with van der Waals surface area (Å²) in [4.78, 5) is 4.21. The number of anilines is 1. The molecular formula is C9H11N3O. The lowest BCUT2D eigenvalue weighted by Gasteiger charge is -2.12. The fourth-order valence-corrected chi connectivity index (χ4v) is 1.20. The van der Waals surface area contributed by atoms with Gasteiger partial charge in [-0.2, -0.15) is 0 Å². The van der Waals surface area contributed by atoms with Crippen molar-refractivity contribution in [3.8, 4) is 0 Å². The molecule has 1 N–H and O–H groups in total. The summed E-state index contributed by atoms with van der Waals surface area (Å²) < 4.78 is 5.24. The second-order valence-corrected chi connectivity index (χ2v) is 3.00. The van der Waals surface area contributed by atoms with Crippen LogP contribution in [0.4, 0.5) is 5.82 Å². The number of nitrogens with one attached hydrogen (secondary N) is 1. The lowest BCUT2D eigenvalue weighted by molar-refractivity contribution is 0.493. The molecule has 0 aliphatic carbocycles. The number of hydrazine groups is 1. The Bertz CT molecular complexity index is 408. The Morgan fingerprint density at radius 1 is 1.38 bits per heavy atom. The van der Waals surface area contributed by atoms with Crippen molar-refractivity contribution in [2.24, 2.45) is 0 Å². The van der Waals surface area contributed by atoms with Crippen LogP contribution in [0.5, 0.6) is 0 Å². The molecule has 0 unspecified atom stereocenters. The average Bonchev–Trinajstić information content (AvgIpc) is 2.51. The second-order valence-electron chi connectivity index (χ2n) is 3.00. The molecule has 0 radical (unpaired) electrons. The fourth-order valence-electron chi connectivity index (χ4n) is 1.20. The van der Waals surface area contributed by atoms with Crippen LogP contribution in [-0.2, 0) is 0 Å². The van der Waals surface area contributed by atoms with Gasteiger partial charge in [-0.25, -0.2) is 9.99 Å². The van der Waals surface area contributed by atoms with Gasteiger partial charge in [-0.05, 0) is 12.1 Å². The van der Waals surface area contributed by atoms with Crippen LogP contribution in [0.3, 0.4) is 0 Å². The fraction of sp³-hybridized carbons (Fsp3) is 0.222. The number of aromatic nitrogens is 1. The van der Waals surface area contributed by atoms with Crippen molar-refractivity contribution in [3.05, 3.63) is 24.6 Å². The first kappa shape index (κ1) is 8.07. The third kappa shape index (κ3) is 1.48. The van der Waals surface area contributed by atoms with Crippen molar-refractivity contribution in [2.45, 2.75) is 0 Å². The maximum Gasteiger partial charge on any atom is 0.151 e. The second kappa shape index (κ2) is 3.06. The molecule has 0 amide bonds. The molecule has 4 heteroatoms. The van der Waals surface area contributed by atoms with Crippen molar-refractivity contribution in [1.29, 1.82) is 0 Å². The van der Waals surface area contributed by atoms with E-state index in [0.29, 0.717) is 0 Å². The highest BCUT2D eigenvalue weighted by molar-refractivity contribution is 5.87. The van der Waals surface area contributed by atoms with E-state index in [1.165, 1.54) is 0 Å². The number of furan rings is 1. The monoisotopic (exact) mass is 177 g/mol. The molecule has 0 spiro atoms. The van der Waals surface area contributed by atoms with E-state index in [1.54, 1.807) is 12.5 Å². The summed E-state index contributed by atoms with van der Waals surface area (Å²) >= 11 is 0. The van der Waals surface area contributed by atoms with E-state index in [1.807, 2.05) is 31.2 Å². The lowest BCUT2D eigenvalue weighted by Crippen LogP contribution is -2.20. The van der Waals surface area contributed by atoms with Crippen molar-refractivity contribution in [3.63, 3.8) is 0 Å². The predicted octanol–water partition coefficient (Wildman–Crippen LogP) is 1.72. The SMILES string of the molecule is CN(C)Nc1nccc2occc12. The van der Waals surface area contributed by atoms with Gasteiger partial charge in [0.2, 0.25) is 0 Å². The number of rotatable bonds is 2. The van der Waals surface area contributed by atoms with Crippen LogP contribution in [0.1, 0.15) is 0 Å². The third-order valence-electron chi connectivity index (χ3n) is 1.71. The Balaban J connectivity index is 2.48. The van der Waals surface area contributed by atoms with Crippen LogP contribution in [0, 0.1) is 0 Å². The van der Waals surface area contributed by atoms with Gasteiger partial charge >= 0.3 is 0 Å². The molecule has 0 aromatic carbocycles. The standard InChI is InChI=1S/C9H11N3O/c1-12(2)11-9-7-4-6-13-8(7)3-5-10-9/h3-6H,1-2H3,(H,10,11). The molecule has 2 rings (SSSR count). The van der Waals surface area contributed by atoms with Gasteiger partial charge in [-0.15, -0.1) is 0 Å². The zero-order valence-corrected chi connectivity index (χ0v) is 7.61.